The van der Waals surface area contributed by atoms with Crippen LogP contribution in [0.1, 0.15) is 6.42 Å². The molecule has 0 aliphatic carbocycles. The second-order valence-corrected chi connectivity index (χ2v) is 6.31. The van der Waals surface area contributed by atoms with Gasteiger partial charge >= 0.3 is 0 Å². The van der Waals surface area contributed by atoms with E-state index in [0.717, 1.165) is 0 Å². The summed E-state index contributed by atoms with van der Waals surface area (Å²) in [6.45, 7) is 0.248. The Morgan fingerprint density at radius 3 is 2.50 bits per heavy atom. The maximum atomic E-state index is 13.0. The summed E-state index contributed by atoms with van der Waals surface area (Å²) in [6.07, 6.45) is 0.102. The molecule has 1 fully saturated rings. The molecule has 124 valence electrons. The minimum absolute atomic E-state index is 0.102. The van der Waals surface area contributed by atoms with Gasteiger partial charge in [-0.3, -0.25) is 9.59 Å². The molecule has 1 saturated heterocycles. The molecule has 0 spiro atoms. The zero-order valence-electron chi connectivity index (χ0n) is 12.4. The largest absolute Gasteiger partial charge is 0.326 e. The van der Waals surface area contributed by atoms with E-state index in [4.69, 9.17) is 23.2 Å². The normalized spacial score (nSPS) is 17.2. The molecule has 4 nitrogen and oxygen atoms in total. The molecule has 2 aromatic carbocycles. The quantitative estimate of drug-likeness (QED) is 0.887. The number of amides is 2. The zero-order chi connectivity index (χ0) is 17.3. The van der Waals surface area contributed by atoms with E-state index >= 15 is 0 Å². The first-order chi connectivity index (χ1) is 11.4. The highest BCUT2D eigenvalue weighted by molar-refractivity contribution is 6.42. The highest BCUT2D eigenvalue weighted by Gasteiger charge is 2.35. The predicted molar refractivity (Wildman–Crippen MR) is 92.0 cm³/mol. The Hall–Kier alpha value is -2.11. The Morgan fingerprint density at radius 2 is 1.83 bits per heavy atom. The van der Waals surface area contributed by atoms with Gasteiger partial charge in [0.15, 0.2) is 0 Å². The number of rotatable bonds is 3. The number of nitrogens with zero attached hydrogens (tertiary/aromatic N) is 1. The average molecular weight is 367 g/mol. The van der Waals surface area contributed by atoms with E-state index in [2.05, 4.69) is 5.32 Å². The summed E-state index contributed by atoms with van der Waals surface area (Å²) < 4.78 is 13.0. The standard InChI is InChI=1S/C17H13Cl2FN2O2/c18-14-6-3-12(8-15(14)19)21-17(24)10-7-16(23)22(9-10)13-4-1-11(20)2-5-13/h1-6,8,10H,7,9H2,(H,21,24)/t10-/m1/s1. The van der Waals surface area contributed by atoms with E-state index in [-0.39, 0.29) is 30.6 Å². The molecule has 0 aromatic heterocycles. The first-order valence-electron chi connectivity index (χ1n) is 7.26. The highest BCUT2D eigenvalue weighted by atomic mass is 35.5. The van der Waals surface area contributed by atoms with Crippen LogP contribution in [-0.4, -0.2) is 18.4 Å². The van der Waals surface area contributed by atoms with E-state index in [1.807, 2.05) is 0 Å². The van der Waals surface area contributed by atoms with Crippen molar-refractivity contribution >= 4 is 46.4 Å². The molecule has 0 saturated carbocycles. The van der Waals surface area contributed by atoms with Crippen molar-refractivity contribution < 1.29 is 14.0 Å². The van der Waals surface area contributed by atoms with Crippen LogP contribution in [0.5, 0.6) is 0 Å². The molecular weight excluding hydrogens is 354 g/mol. The number of carbonyl (C=O) groups excluding carboxylic acids is 2. The van der Waals surface area contributed by atoms with Crippen molar-refractivity contribution in [1.82, 2.24) is 0 Å². The van der Waals surface area contributed by atoms with Gasteiger partial charge in [0.2, 0.25) is 11.8 Å². The summed E-state index contributed by atoms with van der Waals surface area (Å²) >= 11 is 11.8. The minimum Gasteiger partial charge on any atom is -0.326 e. The Bertz CT molecular complexity index is 796. The first-order valence-corrected chi connectivity index (χ1v) is 8.01. The molecule has 1 heterocycles. The Morgan fingerprint density at radius 1 is 1.12 bits per heavy atom. The molecule has 1 N–H and O–H groups in total. The second-order valence-electron chi connectivity index (χ2n) is 5.50. The van der Waals surface area contributed by atoms with Crippen LogP contribution in [0.25, 0.3) is 0 Å². The molecular formula is C17H13Cl2FN2O2. The topological polar surface area (TPSA) is 49.4 Å². The lowest BCUT2D eigenvalue weighted by atomic mass is 10.1. The molecule has 0 unspecified atom stereocenters. The number of carbonyl (C=O) groups is 2. The van der Waals surface area contributed by atoms with Gasteiger partial charge in [-0.1, -0.05) is 23.2 Å². The van der Waals surface area contributed by atoms with Gasteiger partial charge in [0, 0.05) is 24.3 Å². The number of hydrogen-bond donors (Lipinski definition) is 1. The molecule has 1 atom stereocenters. The fraction of sp³-hybridized carbons (Fsp3) is 0.176. The van der Waals surface area contributed by atoms with Gasteiger partial charge in [0.25, 0.3) is 0 Å². The summed E-state index contributed by atoms with van der Waals surface area (Å²) in [5.41, 5.74) is 1.09. The number of benzene rings is 2. The van der Waals surface area contributed by atoms with Crippen LogP contribution in [0, 0.1) is 11.7 Å². The smallest absolute Gasteiger partial charge is 0.229 e. The maximum Gasteiger partial charge on any atom is 0.229 e. The van der Waals surface area contributed by atoms with E-state index in [0.29, 0.717) is 21.4 Å². The van der Waals surface area contributed by atoms with E-state index < -0.39 is 5.92 Å². The summed E-state index contributed by atoms with van der Waals surface area (Å²) in [6, 6.07) is 10.4. The van der Waals surface area contributed by atoms with Crippen LogP contribution in [0.4, 0.5) is 15.8 Å². The van der Waals surface area contributed by atoms with Crippen LogP contribution >= 0.6 is 23.2 Å². The molecule has 2 aromatic rings. The molecule has 3 rings (SSSR count). The molecule has 1 aliphatic rings. The summed E-state index contributed by atoms with van der Waals surface area (Å²) in [7, 11) is 0. The van der Waals surface area contributed by atoms with E-state index in [1.54, 1.807) is 18.2 Å². The fourth-order valence-electron chi connectivity index (χ4n) is 2.57. The van der Waals surface area contributed by atoms with Crippen LogP contribution in [0.3, 0.4) is 0 Å². The molecule has 0 radical (unpaired) electrons. The Labute approximate surface area is 148 Å². The highest BCUT2D eigenvalue weighted by Crippen LogP contribution is 2.28. The van der Waals surface area contributed by atoms with E-state index in [1.165, 1.54) is 29.2 Å². The molecule has 1 aliphatic heterocycles. The van der Waals surface area contributed by atoms with Crippen molar-refractivity contribution in [3.63, 3.8) is 0 Å². The van der Waals surface area contributed by atoms with Crippen LogP contribution in [-0.2, 0) is 9.59 Å². The maximum absolute atomic E-state index is 13.0. The van der Waals surface area contributed by atoms with Crippen LogP contribution in [0.15, 0.2) is 42.5 Å². The number of hydrogen-bond acceptors (Lipinski definition) is 2. The molecule has 7 heteroatoms. The van der Waals surface area contributed by atoms with Crippen molar-refractivity contribution in [2.24, 2.45) is 5.92 Å². The summed E-state index contributed by atoms with van der Waals surface area (Å²) in [5, 5.41) is 3.47. The van der Waals surface area contributed by atoms with Crippen molar-refractivity contribution in [1.29, 1.82) is 0 Å². The Balaban J connectivity index is 1.69. The van der Waals surface area contributed by atoms with Gasteiger partial charge in [0.1, 0.15) is 5.82 Å². The molecule has 24 heavy (non-hydrogen) atoms. The fourth-order valence-corrected chi connectivity index (χ4v) is 2.87. The number of nitrogens with one attached hydrogen (secondary N) is 1. The van der Waals surface area contributed by atoms with Crippen molar-refractivity contribution in [3.8, 4) is 0 Å². The van der Waals surface area contributed by atoms with Crippen molar-refractivity contribution in [2.45, 2.75) is 6.42 Å². The van der Waals surface area contributed by atoms with Crippen LogP contribution in [0.2, 0.25) is 10.0 Å². The van der Waals surface area contributed by atoms with Gasteiger partial charge in [-0.25, -0.2) is 4.39 Å². The zero-order valence-corrected chi connectivity index (χ0v) is 13.9. The first kappa shape index (κ1) is 16.7. The minimum atomic E-state index is -0.489. The third kappa shape index (κ3) is 3.52. The van der Waals surface area contributed by atoms with Gasteiger partial charge in [-0.2, -0.15) is 0 Å². The lowest BCUT2D eigenvalue weighted by Crippen LogP contribution is -2.28. The van der Waals surface area contributed by atoms with Crippen molar-refractivity contribution in [2.75, 3.05) is 16.8 Å². The van der Waals surface area contributed by atoms with E-state index in [9.17, 15) is 14.0 Å². The van der Waals surface area contributed by atoms with Gasteiger partial charge in [0.05, 0.1) is 16.0 Å². The average Bonchev–Trinajstić information content (AvgIpc) is 2.94. The van der Waals surface area contributed by atoms with Crippen molar-refractivity contribution in [3.05, 3.63) is 58.3 Å². The monoisotopic (exact) mass is 366 g/mol. The van der Waals surface area contributed by atoms with Crippen LogP contribution < -0.4 is 10.2 Å². The summed E-state index contributed by atoms with van der Waals surface area (Å²) in [4.78, 5) is 26.0. The Kier molecular flexibility index (Phi) is 4.73. The lowest BCUT2D eigenvalue weighted by Gasteiger charge is -2.16. The lowest BCUT2D eigenvalue weighted by molar-refractivity contribution is -0.122. The summed E-state index contributed by atoms with van der Waals surface area (Å²) in [5.74, 6) is -1.31. The van der Waals surface area contributed by atoms with Gasteiger partial charge in [-0.15, -0.1) is 0 Å². The second kappa shape index (κ2) is 6.79. The third-order valence-electron chi connectivity index (χ3n) is 3.82. The van der Waals surface area contributed by atoms with Gasteiger partial charge in [-0.05, 0) is 42.5 Å². The molecule has 0 bridgehead atoms. The SMILES string of the molecule is O=C(Nc1ccc(Cl)c(Cl)c1)[C@@H]1CC(=O)N(c2ccc(F)cc2)C1. The predicted octanol–water partition coefficient (Wildman–Crippen LogP) is 4.12. The third-order valence-corrected chi connectivity index (χ3v) is 4.56. The number of halogens is 3. The number of anilines is 2. The molecule has 2 amide bonds. The van der Waals surface area contributed by atoms with Gasteiger partial charge < -0.3 is 10.2 Å².